The van der Waals surface area contributed by atoms with Crippen LogP contribution in [0.25, 0.3) is 0 Å². The Bertz CT molecular complexity index is 873. The summed E-state index contributed by atoms with van der Waals surface area (Å²) in [4.78, 5) is 38.1. The highest BCUT2D eigenvalue weighted by atomic mass is 16.5. The zero-order valence-corrected chi connectivity index (χ0v) is 15.8. The Balaban J connectivity index is 1.78. The van der Waals surface area contributed by atoms with E-state index in [9.17, 15) is 14.4 Å². The van der Waals surface area contributed by atoms with Crippen LogP contribution in [-0.2, 0) is 20.7 Å². The van der Waals surface area contributed by atoms with Crippen LogP contribution in [0.4, 0.5) is 5.69 Å². The van der Waals surface area contributed by atoms with E-state index in [1.165, 1.54) is 32.4 Å². The number of rotatable bonds is 5. The van der Waals surface area contributed by atoms with E-state index in [4.69, 9.17) is 14.2 Å². The van der Waals surface area contributed by atoms with Crippen LogP contribution in [0, 0.1) is 0 Å². The molecule has 0 atom stereocenters. The predicted octanol–water partition coefficient (Wildman–Crippen LogP) is 2.62. The zero-order valence-electron chi connectivity index (χ0n) is 15.8. The van der Waals surface area contributed by atoms with Gasteiger partial charge in [0.25, 0.3) is 5.91 Å². The number of anilines is 1. The lowest BCUT2D eigenvalue weighted by atomic mass is 10.0. The average Bonchev–Trinajstić information content (AvgIpc) is 2.75. The number of benzene rings is 2. The number of hydrogen-bond donors (Lipinski definition) is 0. The van der Waals surface area contributed by atoms with Crippen LogP contribution in [-0.4, -0.2) is 45.2 Å². The standard InChI is InChI=1S/C21H21NO6/c1-26-20(24)15-10-16(21(25)27-2)12-17(11-15)28-13-19(23)22-9-5-7-14-6-3-4-8-18(14)22/h3-4,6,8,10-12H,5,7,9,13H2,1-2H3. The van der Waals surface area contributed by atoms with Crippen molar-refractivity contribution < 1.29 is 28.6 Å². The molecule has 0 radical (unpaired) electrons. The fourth-order valence-electron chi connectivity index (χ4n) is 3.17. The van der Waals surface area contributed by atoms with Gasteiger partial charge in [-0.1, -0.05) is 18.2 Å². The van der Waals surface area contributed by atoms with E-state index < -0.39 is 11.9 Å². The molecule has 0 aliphatic carbocycles. The highest BCUT2D eigenvalue weighted by Gasteiger charge is 2.23. The summed E-state index contributed by atoms with van der Waals surface area (Å²) in [5.74, 6) is -1.23. The summed E-state index contributed by atoms with van der Waals surface area (Å²) in [5, 5.41) is 0. The first-order chi connectivity index (χ1) is 13.5. The molecule has 7 nitrogen and oxygen atoms in total. The van der Waals surface area contributed by atoms with E-state index in [1.807, 2.05) is 24.3 Å². The number of methoxy groups -OCH3 is 2. The predicted molar refractivity (Wildman–Crippen MR) is 102 cm³/mol. The van der Waals surface area contributed by atoms with Crippen LogP contribution in [0.15, 0.2) is 42.5 Å². The van der Waals surface area contributed by atoms with Crippen LogP contribution < -0.4 is 9.64 Å². The van der Waals surface area contributed by atoms with Crippen molar-refractivity contribution in [2.24, 2.45) is 0 Å². The maximum Gasteiger partial charge on any atom is 0.338 e. The molecule has 0 saturated heterocycles. The molecule has 0 aromatic heterocycles. The van der Waals surface area contributed by atoms with Gasteiger partial charge in [0, 0.05) is 12.2 Å². The lowest BCUT2D eigenvalue weighted by Gasteiger charge is -2.29. The molecular weight excluding hydrogens is 362 g/mol. The Morgan fingerprint density at radius 1 is 0.964 bits per heavy atom. The van der Waals surface area contributed by atoms with E-state index >= 15 is 0 Å². The summed E-state index contributed by atoms with van der Waals surface area (Å²) in [7, 11) is 2.48. The quantitative estimate of drug-likeness (QED) is 0.738. The Morgan fingerprint density at radius 3 is 2.25 bits per heavy atom. The van der Waals surface area contributed by atoms with Gasteiger partial charge in [0.2, 0.25) is 0 Å². The molecule has 0 spiro atoms. The van der Waals surface area contributed by atoms with Crippen LogP contribution in [0.3, 0.4) is 0 Å². The second-order valence-corrected chi connectivity index (χ2v) is 6.30. The Hall–Kier alpha value is -3.35. The molecule has 0 fully saturated rings. The van der Waals surface area contributed by atoms with Gasteiger partial charge < -0.3 is 19.1 Å². The summed E-state index contributed by atoms with van der Waals surface area (Å²) < 4.78 is 15.0. The van der Waals surface area contributed by atoms with Gasteiger partial charge in [-0.3, -0.25) is 4.79 Å². The minimum absolute atomic E-state index is 0.135. The molecular formula is C21H21NO6. The van der Waals surface area contributed by atoms with Crippen molar-refractivity contribution in [1.82, 2.24) is 0 Å². The van der Waals surface area contributed by atoms with Crippen molar-refractivity contribution in [1.29, 1.82) is 0 Å². The van der Waals surface area contributed by atoms with Gasteiger partial charge in [-0.2, -0.15) is 0 Å². The molecule has 0 unspecified atom stereocenters. The SMILES string of the molecule is COC(=O)c1cc(OCC(=O)N2CCCc3ccccc32)cc(C(=O)OC)c1. The number of ether oxygens (including phenoxy) is 3. The number of amides is 1. The highest BCUT2D eigenvalue weighted by molar-refractivity contribution is 5.97. The molecule has 2 aromatic rings. The monoisotopic (exact) mass is 383 g/mol. The Labute approximate surface area is 162 Å². The number of hydrogen-bond acceptors (Lipinski definition) is 6. The smallest absolute Gasteiger partial charge is 0.338 e. The summed E-state index contributed by atoms with van der Waals surface area (Å²) >= 11 is 0. The average molecular weight is 383 g/mol. The Morgan fingerprint density at radius 2 is 1.61 bits per heavy atom. The van der Waals surface area contributed by atoms with Gasteiger partial charge in [0.1, 0.15) is 5.75 Å². The first kappa shape index (κ1) is 19.4. The van der Waals surface area contributed by atoms with Crippen LogP contribution in [0.1, 0.15) is 32.7 Å². The number of carbonyl (C=O) groups excluding carboxylic acids is 3. The number of aryl methyl sites for hydroxylation is 1. The van der Waals surface area contributed by atoms with Gasteiger partial charge in [0.15, 0.2) is 6.61 Å². The van der Waals surface area contributed by atoms with Crippen molar-refractivity contribution in [2.75, 3.05) is 32.3 Å². The van der Waals surface area contributed by atoms with Gasteiger partial charge >= 0.3 is 11.9 Å². The first-order valence-corrected chi connectivity index (χ1v) is 8.86. The third kappa shape index (κ3) is 4.14. The maximum absolute atomic E-state index is 12.7. The van der Waals surface area contributed by atoms with Crippen LogP contribution in [0.2, 0.25) is 0 Å². The third-order valence-electron chi connectivity index (χ3n) is 4.52. The Kier molecular flexibility index (Phi) is 5.93. The molecule has 146 valence electrons. The van der Waals surface area contributed by atoms with E-state index in [-0.39, 0.29) is 29.4 Å². The van der Waals surface area contributed by atoms with Gasteiger partial charge in [-0.05, 0) is 42.7 Å². The second-order valence-electron chi connectivity index (χ2n) is 6.30. The number of nitrogens with zero attached hydrogens (tertiary/aromatic N) is 1. The molecule has 1 aliphatic rings. The van der Waals surface area contributed by atoms with Crippen molar-refractivity contribution in [3.05, 3.63) is 59.2 Å². The summed E-state index contributed by atoms with van der Waals surface area (Å²) in [6.07, 6.45) is 1.82. The summed E-state index contributed by atoms with van der Waals surface area (Å²) in [6, 6.07) is 12.0. The molecule has 2 aromatic carbocycles. The molecule has 3 rings (SSSR count). The number of esters is 2. The second kappa shape index (κ2) is 8.56. The van der Waals surface area contributed by atoms with Gasteiger partial charge in [-0.15, -0.1) is 0 Å². The lowest BCUT2D eigenvalue weighted by Crippen LogP contribution is -2.38. The molecule has 28 heavy (non-hydrogen) atoms. The van der Waals surface area contributed by atoms with Crippen molar-refractivity contribution in [2.45, 2.75) is 12.8 Å². The topological polar surface area (TPSA) is 82.1 Å². The number of fused-ring (bicyclic) bond motifs is 1. The molecule has 1 amide bonds. The summed E-state index contributed by atoms with van der Waals surface area (Å²) in [6.45, 7) is 0.397. The number of para-hydroxylation sites is 1. The van der Waals surface area contributed by atoms with Crippen molar-refractivity contribution in [3.8, 4) is 5.75 Å². The fraction of sp³-hybridized carbons (Fsp3) is 0.286. The van der Waals surface area contributed by atoms with E-state index in [0.717, 1.165) is 24.1 Å². The van der Waals surface area contributed by atoms with E-state index in [1.54, 1.807) is 4.90 Å². The van der Waals surface area contributed by atoms with Crippen LogP contribution in [0.5, 0.6) is 5.75 Å². The highest BCUT2D eigenvalue weighted by Crippen LogP contribution is 2.27. The maximum atomic E-state index is 12.7. The summed E-state index contributed by atoms with van der Waals surface area (Å²) in [5.41, 5.74) is 2.29. The van der Waals surface area contributed by atoms with Crippen molar-refractivity contribution in [3.63, 3.8) is 0 Å². The first-order valence-electron chi connectivity index (χ1n) is 8.86. The third-order valence-corrected chi connectivity index (χ3v) is 4.52. The minimum Gasteiger partial charge on any atom is -0.484 e. The largest absolute Gasteiger partial charge is 0.484 e. The zero-order chi connectivity index (χ0) is 20.1. The molecule has 0 bridgehead atoms. The fourth-order valence-corrected chi connectivity index (χ4v) is 3.17. The number of carbonyl (C=O) groups is 3. The van der Waals surface area contributed by atoms with Gasteiger partial charge in [0.05, 0.1) is 25.3 Å². The molecule has 0 N–H and O–H groups in total. The molecule has 1 aliphatic heterocycles. The van der Waals surface area contributed by atoms with Crippen LogP contribution >= 0.6 is 0 Å². The van der Waals surface area contributed by atoms with Gasteiger partial charge in [-0.25, -0.2) is 9.59 Å². The minimum atomic E-state index is -0.619. The molecule has 1 heterocycles. The van der Waals surface area contributed by atoms with E-state index in [2.05, 4.69) is 0 Å². The molecule has 7 heteroatoms. The lowest BCUT2D eigenvalue weighted by molar-refractivity contribution is -0.120. The molecule has 0 saturated carbocycles. The van der Waals surface area contributed by atoms with Crippen molar-refractivity contribution >= 4 is 23.5 Å². The normalized spacial score (nSPS) is 12.7. The van der Waals surface area contributed by atoms with E-state index in [0.29, 0.717) is 6.54 Å².